The van der Waals surface area contributed by atoms with Crippen LogP contribution in [0.4, 0.5) is 5.69 Å². The Morgan fingerprint density at radius 2 is 1.95 bits per heavy atom. The van der Waals surface area contributed by atoms with Crippen molar-refractivity contribution < 1.29 is 9.47 Å². The fraction of sp³-hybridized carbons (Fsp3) is 0.625. The standard InChI is InChI=1S/C16H28N2O2/c1-6-12(2)18(10-11-19-4)14-8-7-9-15(20-5)16(14)13(3)17/h7-9,12-13H,6,10-11,17H2,1-5H3/t12?,13-/m0/s1. The van der Waals surface area contributed by atoms with Crippen molar-refractivity contribution in [2.45, 2.75) is 39.3 Å². The van der Waals surface area contributed by atoms with E-state index < -0.39 is 0 Å². The van der Waals surface area contributed by atoms with Crippen LogP contribution in [0.15, 0.2) is 18.2 Å². The van der Waals surface area contributed by atoms with E-state index in [1.165, 1.54) is 0 Å². The number of nitrogens with two attached hydrogens (primary N) is 1. The molecule has 0 saturated heterocycles. The molecule has 0 amide bonds. The van der Waals surface area contributed by atoms with Crippen molar-refractivity contribution >= 4 is 5.69 Å². The fourth-order valence-electron chi connectivity index (χ4n) is 2.41. The van der Waals surface area contributed by atoms with Gasteiger partial charge in [0, 0.05) is 37.0 Å². The summed E-state index contributed by atoms with van der Waals surface area (Å²) in [6.45, 7) is 7.95. The smallest absolute Gasteiger partial charge is 0.125 e. The Bertz CT molecular complexity index is 407. The Kier molecular flexibility index (Phi) is 6.82. The first kappa shape index (κ1) is 16.8. The van der Waals surface area contributed by atoms with E-state index >= 15 is 0 Å². The summed E-state index contributed by atoms with van der Waals surface area (Å²) in [5.41, 5.74) is 8.37. The maximum Gasteiger partial charge on any atom is 0.125 e. The summed E-state index contributed by atoms with van der Waals surface area (Å²) in [6.07, 6.45) is 1.07. The molecule has 2 N–H and O–H groups in total. The molecule has 0 bridgehead atoms. The zero-order valence-corrected chi connectivity index (χ0v) is 13.3. The molecule has 0 aliphatic heterocycles. The monoisotopic (exact) mass is 280 g/mol. The number of nitrogens with zero attached hydrogens (tertiary/aromatic N) is 1. The molecule has 0 aliphatic carbocycles. The lowest BCUT2D eigenvalue weighted by Crippen LogP contribution is -2.36. The molecule has 1 rings (SSSR count). The molecule has 4 heteroatoms. The van der Waals surface area contributed by atoms with E-state index in [1.807, 2.05) is 19.1 Å². The highest BCUT2D eigenvalue weighted by atomic mass is 16.5. The van der Waals surface area contributed by atoms with E-state index in [9.17, 15) is 0 Å². The lowest BCUT2D eigenvalue weighted by molar-refractivity contribution is 0.203. The summed E-state index contributed by atoms with van der Waals surface area (Å²) in [6, 6.07) is 6.45. The second kappa shape index (κ2) is 8.12. The zero-order chi connectivity index (χ0) is 15.1. The van der Waals surface area contributed by atoms with Crippen LogP contribution >= 0.6 is 0 Å². The summed E-state index contributed by atoms with van der Waals surface area (Å²) in [7, 11) is 3.42. The number of methoxy groups -OCH3 is 2. The van der Waals surface area contributed by atoms with Crippen LogP contribution < -0.4 is 15.4 Å². The molecule has 0 aliphatic rings. The van der Waals surface area contributed by atoms with Crippen LogP contribution in [0.3, 0.4) is 0 Å². The molecule has 0 spiro atoms. The van der Waals surface area contributed by atoms with Gasteiger partial charge in [-0.05, 0) is 32.4 Å². The molecule has 4 nitrogen and oxygen atoms in total. The van der Waals surface area contributed by atoms with E-state index in [2.05, 4.69) is 24.8 Å². The summed E-state index contributed by atoms with van der Waals surface area (Å²) < 4.78 is 10.7. The van der Waals surface area contributed by atoms with Crippen LogP contribution in [0, 0.1) is 0 Å². The zero-order valence-electron chi connectivity index (χ0n) is 13.3. The first-order chi connectivity index (χ1) is 9.56. The maximum absolute atomic E-state index is 6.16. The van der Waals surface area contributed by atoms with Gasteiger partial charge in [0.05, 0.1) is 13.7 Å². The van der Waals surface area contributed by atoms with E-state index in [0.717, 1.165) is 30.0 Å². The quantitative estimate of drug-likeness (QED) is 0.795. The van der Waals surface area contributed by atoms with Gasteiger partial charge in [0.15, 0.2) is 0 Å². The molecule has 1 aromatic carbocycles. The van der Waals surface area contributed by atoms with Gasteiger partial charge in [0.1, 0.15) is 5.75 Å². The van der Waals surface area contributed by atoms with Crippen LogP contribution in [0.2, 0.25) is 0 Å². The Balaban J connectivity index is 3.24. The Hall–Kier alpha value is -1.26. The van der Waals surface area contributed by atoms with Crippen molar-refractivity contribution in [3.63, 3.8) is 0 Å². The minimum absolute atomic E-state index is 0.0738. The van der Waals surface area contributed by atoms with Crippen molar-refractivity contribution in [2.24, 2.45) is 5.73 Å². The van der Waals surface area contributed by atoms with E-state index in [4.69, 9.17) is 15.2 Å². The van der Waals surface area contributed by atoms with E-state index in [0.29, 0.717) is 12.6 Å². The SMILES string of the molecule is CCC(C)N(CCOC)c1cccc(OC)c1[C@H](C)N. The van der Waals surface area contributed by atoms with Crippen molar-refractivity contribution in [2.75, 3.05) is 32.3 Å². The van der Waals surface area contributed by atoms with Crippen molar-refractivity contribution in [1.82, 2.24) is 0 Å². The minimum atomic E-state index is -0.0738. The topological polar surface area (TPSA) is 47.7 Å². The van der Waals surface area contributed by atoms with Crippen LogP contribution in [0.25, 0.3) is 0 Å². The second-order valence-electron chi connectivity index (χ2n) is 5.13. The van der Waals surface area contributed by atoms with Crippen LogP contribution in [-0.2, 0) is 4.74 Å². The third-order valence-electron chi connectivity index (χ3n) is 3.69. The minimum Gasteiger partial charge on any atom is -0.496 e. The van der Waals surface area contributed by atoms with Gasteiger partial charge in [-0.15, -0.1) is 0 Å². The molecular weight excluding hydrogens is 252 g/mol. The predicted molar refractivity (Wildman–Crippen MR) is 84.6 cm³/mol. The summed E-state index contributed by atoms with van der Waals surface area (Å²) >= 11 is 0. The highest BCUT2D eigenvalue weighted by Gasteiger charge is 2.20. The molecule has 0 radical (unpaired) electrons. The molecule has 114 valence electrons. The summed E-state index contributed by atoms with van der Waals surface area (Å²) in [4.78, 5) is 2.35. The van der Waals surface area contributed by atoms with Crippen molar-refractivity contribution in [1.29, 1.82) is 0 Å². The average Bonchev–Trinajstić information content (AvgIpc) is 2.46. The third-order valence-corrected chi connectivity index (χ3v) is 3.69. The molecule has 1 unspecified atom stereocenters. The Morgan fingerprint density at radius 3 is 2.45 bits per heavy atom. The second-order valence-corrected chi connectivity index (χ2v) is 5.13. The Labute approximate surface area is 122 Å². The van der Waals surface area contributed by atoms with Gasteiger partial charge in [0.25, 0.3) is 0 Å². The number of benzene rings is 1. The predicted octanol–water partition coefficient (Wildman–Crippen LogP) is 2.97. The van der Waals surface area contributed by atoms with Gasteiger partial charge in [-0.1, -0.05) is 13.0 Å². The lowest BCUT2D eigenvalue weighted by atomic mass is 10.0. The normalized spacial score (nSPS) is 13.9. The largest absolute Gasteiger partial charge is 0.496 e. The van der Waals surface area contributed by atoms with Crippen LogP contribution in [0.1, 0.15) is 38.8 Å². The molecule has 0 heterocycles. The Morgan fingerprint density at radius 1 is 1.25 bits per heavy atom. The van der Waals surface area contributed by atoms with Gasteiger partial charge in [-0.2, -0.15) is 0 Å². The van der Waals surface area contributed by atoms with E-state index in [1.54, 1.807) is 14.2 Å². The molecule has 0 saturated carbocycles. The number of anilines is 1. The van der Waals surface area contributed by atoms with Crippen LogP contribution in [0.5, 0.6) is 5.75 Å². The first-order valence-corrected chi connectivity index (χ1v) is 7.24. The van der Waals surface area contributed by atoms with E-state index in [-0.39, 0.29) is 6.04 Å². The van der Waals surface area contributed by atoms with Gasteiger partial charge < -0.3 is 20.1 Å². The van der Waals surface area contributed by atoms with Crippen LogP contribution in [-0.4, -0.2) is 33.4 Å². The van der Waals surface area contributed by atoms with Gasteiger partial charge in [-0.3, -0.25) is 0 Å². The molecule has 2 atom stereocenters. The average molecular weight is 280 g/mol. The highest BCUT2D eigenvalue weighted by molar-refractivity contribution is 5.61. The molecular formula is C16H28N2O2. The maximum atomic E-state index is 6.16. The number of hydrogen-bond donors (Lipinski definition) is 1. The van der Waals surface area contributed by atoms with Gasteiger partial charge in [-0.25, -0.2) is 0 Å². The fourth-order valence-corrected chi connectivity index (χ4v) is 2.41. The highest BCUT2D eigenvalue weighted by Crippen LogP contribution is 2.34. The molecule has 0 fully saturated rings. The molecule has 20 heavy (non-hydrogen) atoms. The summed E-state index contributed by atoms with van der Waals surface area (Å²) in [5.74, 6) is 0.850. The number of ether oxygens (including phenoxy) is 2. The molecule has 1 aromatic rings. The number of hydrogen-bond acceptors (Lipinski definition) is 4. The summed E-state index contributed by atoms with van der Waals surface area (Å²) in [5, 5.41) is 0. The molecule has 0 aromatic heterocycles. The van der Waals surface area contributed by atoms with Gasteiger partial charge >= 0.3 is 0 Å². The lowest BCUT2D eigenvalue weighted by Gasteiger charge is -2.33. The van der Waals surface area contributed by atoms with Crippen molar-refractivity contribution in [3.05, 3.63) is 23.8 Å². The first-order valence-electron chi connectivity index (χ1n) is 7.24. The van der Waals surface area contributed by atoms with Gasteiger partial charge in [0.2, 0.25) is 0 Å². The number of rotatable bonds is 8. The van der Waals surface area contributed by atoms with Crippen molar-refractivity contribution in [3.8, 4) is 5.75 Å². The third kappa shape index (κ3) is 3.87.